The number of aryl methyl sites for hydroxylation is 3. The van der Waals surface area contributed by atoms with E-state index in [4.69, 9.17) is 4.52 Å². The summed E-state index contributed by atoms with van der Waals surface area (Å²) in [4.78, 5) is 0. The van der Waals surface area contributed by atoms with Gasteiger partial charge in [0.2, 0.25) is 0 Å². The molecule has 0 aliphatic rings. The van der Waals surface area contributed by atoms with Crippen molar-refractivity contribution in [2.24, 2.45) is 0 Å². The van der Waals surface area contributed by atoms with Crippen LogP contribution in [-0.4, -0.2) is 10.3 Å². The van der Waals surface area contributed by atoms with Crippen LogP contribution in [0.5, 0.6) is 0 Å². The van der Waals surface area contributed by atoms with Crippen molar-refractivity contribution in [3.8, 4) is 22.6 Å². The molecule has 0 aliphatic carbocycles. The molecule has 0 fully saturated rings. The van der Waals surface area contributed by atoms with E-state index in [2.05, 4.69) is 17.3 Å². The zero-order valence-electron chi connectivity index (χ0n) is 13.4. The Balaban J connectivity index is 2.20. The molecule has 0 amide bonds. The summed E-state index contributed by atoms with van der Waals surface area (Å²) in [5, 5.41) is 13.9. The number of aliphatic hydroxyl groups is 1. The lowest BCUT2D eigenvalue weighted by atomic mass is 9.94. The van der Waals surface area contributed by atoms with Gasteiger partial charge in [-0.1, -0.05) is 35.0 Å². The average molecular weight is 311 g/mol. The number of halogens is 1. The maximum absolute atomic E-state index is 13.5. The normalized spacial score (nSPS) is 11.0. The predicted molar refractivity (Wildman–Crippen MR) is 87.5 cm³/mol. The molecule has 3 aromatic rings. The zero-order chi connectivity index (χ0) is 16.6. The highest BCUT2D eigenvalue weighted by Gasteiger charge is 2.21. The van der Waals surface area contributed by atoms with Crippen LogP contribution in [0, 0.1) is 26.6 Å². The van der Waals surface area contributed by atoms with Crippen molar-refractivity contribution in [2.45, 2.75) is 27.4 Å². The molecule has 1 aromatic heterocycles. The third-order valence-electron chi connectivity index (χ3n) is 3.95. The first kappa shape index (κ1) is 15.4. The average Bonchev–Trinajstić information content (AvgIpc) is 2.89. The minimum absolute atomic E-state index is 0.225. The molecule has 1 N–H and O–H groups in total. The van der Waals surface area contributed by atoms with Crippen LogP contribution in [-0.2, 0) is 6.61 Å². The van der Waals surface area contributed by atoms with E-state index in [9.17, 15) is 9.50 Å². The largest absolute Gasteiger partial charge is 0.391 e. The second-order valence-corrected chi connectivity index (χ2v) is 5.78. The zero-order valence-corrected chi connectivity index (χ0v) is 13.4. The second-order valence-electron chi connectivity index (χ2n) is 5.78. The van der Waals surface area contributed by atoms with Crippen LogP contribution in [0.15, 0.2) is 40.9 Å². The molecule has 118 valence electrons. The Kier molecular flexibility index (Phi) is 4.01. The molecule has 3 nitrogen and oxygen atoms in total. The van der Waals surface area contributed by atoms with Crippen molar-refractivity contribution < 1.29 is 14.0 Å². The maximum atomic E-state index is 13.5. The number of aliphatic hydroxyl groups excluding tert-OH is 1. The van der Waals surface area contributed by atoms with Gasteiger partial charge in [-0.05, 0) is 44.0 Å². The lowest BCUT2D eigenvalue weighted by molar-refractivity contribution is 0.281. The van der Waals surface area contributed by atoms with E-state index in [1.165, 1.54) is 17.7 Å². The van der Waals surface area contributed by atoms with Crippen LogP contribution in [0.25, 0.3) is 22.6 Å². The van der Waals surface area contributed by atoms with Crippen LogP contribution in [0.1, 0.15) is 22.3 Å². The molecular formula is C19H18FNO2. The van der Waals surface area contributed by atoms with E-state index in [0.29, 0.717) is 22.6 Å². The lowest BCUT2D eigenvalue weighted by Crippen LogP contribution is -1.94. The highest BCUT2D eigenvalue weighted by Crippen LogP contribution is 2.36. The summed E-state index contributed by atoms with van der Waals surface area (Å²) in [5.74, 6) is 0.195. The van der Waals surface area contributed by atoms with E-state index in [1.54, 1.807) is 12.1 Å². The van der Waals surface area contributed by atoms with Gasteiger partial charge in [-0.25, -0.2) is 4.39 Å². The van der Waals surface area contributed by atoms with Gasteiger partial charge in [0, 0.05) is 11.1 Å². The number of aromatic nitrogens is 1. The first-order valence-corrected chi connectivity index (χ1v) is 7.45. The summed E-state index contributed by atoms with van der Waals surface area (Å²) in [7, 11) is 0. The van der Waals surface area contributed by atoms with Gasteiger partial charge in [0.1, 0.15) is 11.5 Å². The van der Waals surface area contributed by atoms with Crippen LogP contribution in [0.2, 0.25) is 0 Å². The fourth-order valence-electron chi connectivity index (χ4n) is 3.05. The Morgan fingerprint density at radius 1 is 1.09 bits per heavy atom. The van der Waals surface area contributed by atoms with Gasteiger partial charge in [-0.2, -0.15) is 0 Å². The van der Waals surface area contributed by atoms with Gasteiger partial charge in [-0.3, -0.25) is 0 Å². The number of nitrogens with zero attached hydrogens (tertiary/aromatic N) is 1. The van der Waals surface area contributed by atoms with Gasteiger partial charge in [0.25, 0.3) is 0 Å². The Morgan fingerprint density at radius 3 is 2.39 bits per heavy atom. The number of rotatable bonds is 3. The lowest BCUT2D eigenvalue weighted by Gasteiger charge is -2.10. The molecular weight excluding hydrogens is 293 g/mol. The van der Waals surface area contributed by atoms with Crippen LogP contribution < -0.4 is 0 Å². The molecule has 0 atom stereocenters. The first-order valence-electron chi connectivity index (χ1n) is 7.45. The fraction of sp³-hybridized carbons (Fsp3) is 0.211. The van der Waals surface area contributed by atoms with Crippen molar-refractivity contribution in [1.82, 2.24) is 5.16 Å². The van der Waals surface area contributed by atoms with Gasteiger partial charge in [-0.15, -0.1) is 0 Å². The number of hydrogen-bond donors (Lipinski definition) is 1. The van der Waals surface area contributed by atoms with Crippen molar-refractivity contribution in [3.05, 3.63) is 64.5 Å². The second kappa shape index (κ2) is 5.97. The first-order chi connectivity index (χ1) is 11.0. The predicted octanol–water partition coefficient (Wildman–Crippen LogP) is 4.57. The molecule has 0 unspecified atom stereocenters. The highest BCUT2D eigenvalue weighted by atomic mass is 19.1. The topological polar surface area (TPSA) is 46.3 Å². The molecule has 0 spiro atoms. The van der Waals surface area contributed by atoms with Crippen molar-refractivity contribution in [2.75, 3.05) is 0 Å². The molecule has 23 heavy (non-hydrogen) atoms. The SMILES string of the molecule is Cc1cc(C)c(-c2onc(-c3cccc(F)c3)c2CO)c(C)c1. The van der Waals surface area contributed by atoms with Crippen LogP contribution in [0.3, 0.4) is 0 Å². The summed E-state index contributed by atoms with van der Waals surface area (Å²) in [5.41, 5.74) is 5.84. The Labute approximate surface area is 134 Å². The molecule has 0 bridgehead atoms. The highest BCUT2D eigenvalue weighted by molar-refractivity contribution is 5.76. The Morgan fingerprint density at radius 2 is 1.78 bits per heavy atom. The minimum atomic E-state index is -0.348. The molecule has 0 saturated carbocycles. The third-order valence-corrected chi connectivity index (χ3v) is 3.95. The van der Waals surface area contributed by atoms with Crippen LogP contribution >= 0.6 is 0 Å². The number of benzene rings is 2. The minimum Gasteiger partial charge on any atom is -0.391 e. The summed E-state index contributed by atoms with van der Waals surface area (Å²) < 4.78 is 19.0. The molecule has 0 saturated heterocycles. The van der Waals surface area contributed by atoms with Crippen LogP contribution in [0.4, 0.5) is 4.39 Å². The molecule has 4 heteroatoms. The molecule has 0 aliphatic heterocycles. The summed E-state index contributed by atoms with van der Waals surface area (Å²) in [6.07, 6.45) is 0. The Bertz CT molecular complexity index is 845. The molecule has 1 heterocycles. The molecule has 2 aromatic carbocycles. The third kappa shape index (κ3) is 2.78. The van der Waals surface area contributed by atoms with Gasteiger partial charge in [0.15, 0.2) is 5.76 Å². The molecule has 0 radical (unpaired) electrons. The summed E-state index contributed by atoms with van der Waals surface area (Å²) in [6.45, 7) is 5.81. The monoisotopic (exact) mass is 311 g/mol. The summed E-state index contributed by atoms with van der Waals surface area (Å²) >= 11 is 0. The van der Waals surface area contributed by atoms with E-state index in [0.717, 1.165) is 16.7 Å². The molecule has 3 rings (SSSR count). The number of hydrogen-bond acceptors (Lipinski definition) is 3. The maximum Gasteiger partial charge on any atom is 0.173 e. The van der Waals surface area contributed by atoms with Crippen molar-refractivity contribution >= 4 is 0 Å². The van der Waals surface area contributed by atoms with Crippen molar-refractivity contribution in [1.29, 1.82) is 0 Å². The van der Waals surface area contributed by atoms with E-state index in [-0.39, 0.29) is 12.4 Å². The standard InChI is InChI=1S/C19H18FNO2/c1-11-7-12(2)17(13(3)8-11)19-16(10-22)18(21-23-19)14-5-4-6-15(20)9-14/h4-9,22H,10H2,1-3H3. The quantitative estimate of drug-likeness (QED) is 0.771. The van der Waals surface area contributed by atoms with E-state index in [1.807, 2.05) is 20.8 Å². The fourth-order valence-corrected chi connectivity index (χ4v) is 3.05. The summed E-state index contributed by atoms with van der Waals surface area (Å²) in [6, 6.07) is 10.2. The van der Waals surface area contributed by atoms with E-state index < -0.39 is 0 Å². The van der Waals surface area contributed by atoms with Gasteiger partial charge >= 0.3 is 0 Å². The van der Waals surface area contributed by atoms with E-state index >= 15 is 0 Å². The Hall–Kier alpha value is -2.46. The van der Waals surface area contributed by atoms with Gasteiger partial charge < -0.3 is 9.63 Å². The van der Waals surface area contributed by atoms with Gasteiger partial charge in [0.05, 0.1) is 12.2 Å². The van der Waals surface area contributed by atoms with Crippen molar-refractivity contribution in [3.63, 3.8) is 0 Å². The smallest absolute Gasteiger partial charge is 0.173 e.